The third-order valence-corrected chi connectivity index (χ3v) is 8.19. The lowest BCUT2D eigenvalue weighted by Crippen LogP contribution is -2.49. The number of hydrogen-bond donors (Lipinski definition) is 2. The van der Waals surface area contributed by atoms with E-state index in [2.05, 4.69) is 10.0 Å². The van der Waals surface area contributed by atoms with Gasteiger partial charge >= 0.3 is 0 Å². The van der Waals surface area contributed by atoms with Gasteiger partial charge in [-0.15, -0.1) is 11.3 Å². The minimum Gasteiger partial charge on any atom is -0.353 e. The number of thioether (sulfide) groups is 1. The van der Waals surface area contributed by atoms with Crippen molar-refractivity contribution < 1.29 is 22.8 Å². The van der Waals surface area contributed by atoms with Gasteiger partial charge in [-0.05, 0) is 60.7 Å². The van der Waals surface area contributed by atoms with Crippen molar-refractivity contribution in [3.63, 3.8) is 0 Å². The minimum atomic E-state index is -3.90. The van der Waals surface area contributed by atoms with Gasteiger partial charge in [0.1, 0.15) is 6.04 Å². The molecule has 0 aliphatic carbocycles. The first kappa shape index (κ1) is 26.1. The predicted octanol–water partition coefficient (Wildman–Crippen LogP) is 3.60. The quantitative estimate of drug-likeness (QED) is 0.462. The molecule has 1 aromatic heterocycles. The highest BCUT2D eigenvalue weighted by atomic mass is 32.2. The van der Waals surface area contributed by atoms with Crippen molar-refractivity contribution in [2.24, 2.45) is 5.92 Å². The number of thiophene rings is 1. The second-order valence-corrected chi connectivity index (χ2v) is 11.9. The van der Waals surface area contributed by atoms with E-state index in [1.54, 1.807) is 18.2 Å². The van der Waals surface area contributed by atoms with Gasteiger partial charge in [-0.2, -0.15) is 4.72 Å². The molecule has 182 valence electrons. The van der Waals surface area contributed by atoms with Crippen LogP contribution >= 0.6 is 23.1 Å². The number of imide groups is 1. The molecule has 2 aromatic rings. The van der Waals surface area contributed by atoms with Crippen molar-refractivity contribution in [3.05, 3.63) is 57.1 Å². The Bertz CT molecular complexity index is 1170. The van der Waals surface area contributed by atoms with Crippen LogP contribution in [0.15, 0.2) is 51.6 Å². The third-order valence-electron chi connectivity index (χ3n) is 4.98. The van der Waals surface area contributed by atoms with Crippen LogP contribution in [0.5, 0.6) is 0 Å². The Morgan fingerprint density at radius 3 is 2.47 bits per heavy atom. The Morgan fingerprint density at radius 1 is 1.15 bits per heavy atom. The average molecular weight is 522 g/mol. The number of nitrogens with zero attached hydrogens (tertiary/aromatic N) is 1. The van der Waals surface area contributed by atoms with Crippen molar-refractivity contribution in [2.75, 3.05) is 13.1 Å². The molecular weight excluding hydrogens is 494 g/mol. The fourth-order valence-electron chi connectivity index (χ4n) is 3.26. The van der Waals surface area contributed by atoms with E-state index in [9.17, 15) is 22.8 Å². The Morgan fingerprint density at radius 2 is 1.85 bits per heavy atom. The van der Waals surface area contributed by atoms with Gasteiger partial charge in [0.05, 0.1) is 9.80 Å². The normalized spacial score (nSPS) is 16.5. The number of nitrogens with one attached hydrogen (secondary N) is 2. The number of aryl methyl sites for hydroxylation is 1. The maximum atomic E-state index is 12.8. The second kappa shape index (κ2) is 11.3. The standard InChI is InChI=1S/C23H27N3O5S3/c1-15(2)13-19(25-34(30,31)18-8-6-16(3)7-9-18)21(27)24-10-11-26-22(28)20(33-23(26)29)14-17-5-4-12-32-17/h4-9,12,14-15,19,25H,10-11,13H2,1-3H3,(H,24,27)/b20-14-/t19-/m1/s1. The van der Waals surface area contributed by atoms with Gasteiger partial charge in [0.2, 0.25) is 15.9 Å². The van der Waals surface area contributed by atoms with Crippen LogP contribution in [-0.2, 0) is 19.6 Å². The molecule has 0 saturated carbocycles. The molecule has 2 N–H and O–H groups in total. The molecule has 3 amide bonds. The Kier molecular flexibility index (Phi) is 8.69. The summed E-state index contributed by atoms with van der Waals surface area (Å²) < 4.78 is 28.0. The van der Waals surface area contributed by atoms with E-state index in [1.807, 2.05) is 38.3 Å². The molecule has 0 bridgehead atoms. The van der Waals surface area contributed by atoms with Crippen LogP contribution in [0.1, 0.15) is 30.7 Å². The van der Waals surface area contributed by atoms with Gasteiger partial charge < -0.3 is 5.32 Å². The monoisotopic (exact) mass is 521 g/mol. The molecule has 1 aliphatic heterocycles. The summed E-state index contributed by atoms with van der Waals surface area (Å²) in [5.41, 5.74) is 0.924. The molecule has 1 atom stereocenters. The Hall–Kier alpha value is -2.47. The molecule has 8 nitrogen and oxygen atoms in total. The van der Waals surface area contributed by atoms with E-state index >= 15 is 0 Å². The Balaban J connectivity index is 1.61. The zero-order chi connectivity index (χ0) is 24.9. The summed E-state index contributed by atoms with van der Waals surface area (Å²) in [6.07, 6.45) is 1.97. The smallest absolute Gasteiger partial charge is 0.293 e. The molecule has 0 spiro atoms. The maximum Gasteiger partial charge on any atom is 0.293 e. The lowest BCUT2D eigenvalue weighted by molar-refractivity contribution is -0.125. The highest BCUT2D eigenvalue weighted by Crippen LogP contribution is 2.32. The SMILES string of the molecule is Cc1ccc(S(=O)(=O)N[C@H](CC(C)C)C(=O)NCCN2C(=O)S/C(=C\c3cccs3)C2=O)cc1. The van der Waals surface area contributed by atoms with Crippen molar-refractivity contribution in [3.8, 4) is 0 Å². The molecule has 1 aromatic carbocycles. The first-order chi connectivity index (χ1) is 16.1. The number of sulfonamides is 1. The van der Waals surface area contributed by atoms with Crippen molar-refractivity contribution in [1.29, 1.82) is 0 Å². The molecule has 0 unspecified atom stereocenters. The number of carbonyl (C=O) groups excluding carboxylic acids is 3. The highest BCUT2D eigenvalue weighted by Gasteiger charge is 2.35. The summed E-state index contributed by atoms with van der Waals surface area (Å²) in [4.78, 5) is 40.0. The number of rotatable bonds is 10. The lowest BCUT2D eigenvalue weighted by Gasteiger charge is -2.21. The van der Waals surface area contributed by atoms with Crippen LogP contribution in [0.3, 0.4) is 0 Å². The van der Waals surface area contributed by atoms with Crippen molar-refractivity contribution in [2.45, 2.75) is 38.1 Å². The largest absolute Gasteiger partial charge is 0.353 e. The topological polar surface area (TPSA) is 113 Å². The summed E-state index contributed by atoms with van der Waals surface area (Å²) in [5, 5.41) is 4.14. The summed E-state index contributed by atoms with van der Waals surface area (Å²) >= 11 is 2.32. The van der Waals surface area contributed by atoms with Gasteiger partial charge in [-0.1, -0.05) is 37.6 Å². The molecule has 2 heterocycles. The molecular formula is C23H27N3O5S3. The van der Waals surface area contributed by atoms with Crippen LogP contribution in [0, 0.1) is 12.8 Å². The molecule has 1 fully saturated rings. The van der Waals surface area contributed by atoms with Crippen LogP contribution in [0.4, 0.5) is 4.79 Å². The molecule has 1 saturated heterocycles. The Labute approximate surface area is 207 Å². The van der Waals surface area contributed by atoms with E-state index in [4.69, 9.17) is 0 Å². The van der Waals surface area contributed by atoms with Crippen LogP contribution in [-0.4, -0.2) is 49.5 Å². The molecule has 1 aliphatic rings. The summed E-state index contributed by atoms with van der Waals surface area (Å²) in [6, 6.07) is 9.09. The van der Waals surface area contributed by atoms with Gasteiger partial charge in [-0.3, -0.25) is 19.3 Å². The van der Waals surface area contributed by atoms with Crippen molar-refractivity contribution >= 4 is 56.3 Å². The third kappa shape index (κ3) is 6.78. The van der Waals surface area contributed by atoms with Crippen LogP contribution in [0.25, 0.3) is 6.08 Å². The zero-order valence-electron chi connectivity index (χ0n) is 19.1. The minimum absolute atomic E-state index is 0.00268. The van der Waals surface area contributed by atoms with E-state index in [-0.39, 0.29) is 23.9 Å². The van der Waals surface area contributed by atoms with Crippen molar-refractivity contribution in [1.82, 2.24) is 14.9 Å². The van der Waals surface area contributed by atoms with Gasteiger partial charge in [0.25, 0.3) is 11.1 Å². The second-order valence-electron chi connectivity index (χ2n) is 8.26. The van der Waals surface area contributed by atoms with Gasteiger partial charge in [0, 0.05) is 18.0 Å². The zero-order valence-corrected chi connectivity index (χ0v) is 21.6. The maximum absolute atomic E-state index is 12.8. The molecule has 11 heteroatoms. The highest BCUT2D eigenvalue weighted by molar-refractivity contribution is 8.18. The van der Waals surface area contributed by atoms with Crippen LogP contribution in [0.2, 0.25) is 0 Å². The van der Waals surface area contributed by atoms with E-state index in [0.29, 0.717) is 11.3 Å². The summed E-state index contributed by atoms with van der Waals surface area (Å²) in [7, 11) is -3.90. The summed E-state index contributed by atoms with van der Waals surface area (Å²) in [6.45, 7) is 5.65. The van der Waals surface area contributed by atoms with E-state index in [1.165, 1.54) is 23.5 Å². The molecule has 0 radical (unpaired) electrons. The first-order valence-corrected chi connectivity index (χ1v) is 13.9. The first-order valence-electron chi connectivity index (χ1n) is 10.7. The molecule has 3 rings (SSSR count). The van der Waals surface area contributed by atoms with Gasteiger partial charge in [-0.25, -0.2) is 8.42 Å². The fourth-order valence-corrected chi connectivity index (χ4v) is 6.06. The van der Waals surface area contributed by atoms with E-state index in [0.717, 1.165) is 27.1 Å². The fraction of sp³-hybridized carbons (Fsp3) is 0.348. The number of amides is 3. The summed E-state index contributed by atoms with van der Waals surface area (Å²) in [5.74, 6) is -0.860. The molecule has 34 heavy (non-hydrogen) atoms. The average Bonchev–Trinajstić information content (AvgIpc) is 3.36. The van der Waals surface area contributed by atoms with Gasteiger partial charge in [0.15, 0.2) is 0 Å². The number of benzene rings is 1. The van der Waals surface area contributed by atoms with E-state index < -0.39 is 33.1 Å². The number of hydrogen-bond acceptors (Lipinski definition) is 7. The lowest BCUT2D eigenvalue weighted by atomic mass is 10.0. The predicted molar refractivity (Wildman–Crippen MR) is 135 cm³/mol. The van der Waals surface area contributed by atoms with Crippen LogP contribution < -0.4 is 10.0 Å². The number of carbonyl (C=O) groups is 3.